The summed E-state index contributed by atoms with van der Waals surface area (Å²) in [5.74, 6) is -1.17. The second-order valence-electron chi connectivity index (χ2n) is 4.42. The van der Waals surface area contributed by atoms with E-state index in [1.807, 2.05) is 0 Å². The maximum absolute atomic E-state index is 13.2. The third kappa shape index (κ3) is 4.15. The van der Waals surface area contributed by atoms with E-state index in [4.69, 9.17) is 28.9 Å². The predicted octanol–water partition coefficient (Wildman–Crippen LogP) is 2.60. The van der Waals surface area contributed by atoms with E-state index in [2.05, 4.69) is 5.32 Å². The van der Waals surface area contributed by atoms with Crippen molar-refractivity contribution >= 4 is 29.1 Å². The van der Waals surface area contributed by atoms with E-state index in [1.54, 1.807) is 13.8 Å². The number of hydrogen-bond donors (Lipinski definition) is 2. The van der Waals surface area contributed by atoms with E-state index in [9.17, 15) is 9.18 Å². The lowest BCUT2D eigenvalue weighted by atomic mass is 10.1. The van der Waals surface area contributed by atoms with Gasteiger partial charge in [0, 0.05) is 12.1 Å². The summed E-state index contributed by atoms with van der Waals surface area (Å²) in [6.45, 7) is 3.78. The summed E-state index contributed by atoms with van der Waals surface area (Å²) in [7, 11) is 0. The Balaban J connectivity index is 2.86. The molecule has 0 atom stereocenters. The lowest BCUT2D eigenvalue weighted by Crippen LogP contribution is -2.45. The van der Waals surface area contributed by atoms with Crippen LogP contribution in [0.3, 0.4) is 0 Å². The van der Waals surface area contributed by atoms with Gasteiger partial charge in [-0.3, -0.25) is 4.79 Å². The van der Waals surface area contributed by atoms with Gasteiger partial charge in [-0.25, -0.2) is 4.39 Å². The number of carbonyl (C=O) groups is 1. The van der Waals surface area contributed by atoms with Gasteiger partial charge in [0.05, 0.1) is 15.6 Å². The van der Waals surface area contributed by atoms with Gasteiger partial charge in [0.15, 0.2) is 0 Å². The molecule has 94 valence electrons. The molecule has 3 nitrogen and oxygen atoms in total. The Morgan fingerprint density at radius 3 is 2.53 bits per heavy atom. The van der Waals surface area contributed by atoms with Gasteiger partial charge in [0.25, 0.3) is 5.91 Å². The van der Waals surface area contributed by atoms with Gasteiger partial charge in [-0.1, -0.05) is 23.2 Å². The second-order valence-corrected chi connectivity index (χ2v) is 5.23. The van der Waals surface area contributed by atoms with Gasteiger partial charge in [-0.05, 0) is 26.0 Å². The quantitative estimate of drug-likeness (QED) is 0.835. The van der Waals surface area contributed by atoms with Crippen molar-refractivity contribution in [2.75, 3.05) is 6.54 Å². The van der Waals surface area contributed by atoms with Crippen molar-refractivity contribution in [2.24, 2.45) is 5.73 Å². The maximum Gasteiger partial charge on any atom is 0.252 e. The zero-order valence-electron chi connectivity index (χ0n) is 9.48. The highest BCUT2D eigenvalue weighted by Crippen LogP contribution is 2.24. The number of nitrogens with one attached hydrogen (secondary N) is 1. The van der Waals surface area contributed by atoms with Crippen molar-refractivity contribution in [3.05, 3.63) is 33.6 Å². The largest absolute Gasteiger partial charge is 0.350 e. The molecular weight excluding hydrogens is 266 g/mol. The first kappa shape index (κ1) is 14.2. The third-order valence-corrected chi connectivity index (χ3v) is 2.56. The minimum atomic E-state index is -0.687. The number of rotatable bonds is 3. The molecule has 0 unspecified atom stereocenters. The smallest absolute Gasteiger partial charge is 0.252 e. The summed E-state index contributed by atoms with van der Waals surface area (Å²) in [5, 5.41) is 2.55. The van der Waals surface area contributed by atoms with Crippen LogP contribution in [0.2, 0.25) is 10.0 Å². The Bertz CT molecular complexity index is 444. The molecule has 1 aromatic rings. The Kier molecular flexibility index (Phi) is 4.36. The van der Waals surface area contributed by atoms with Gasteiger partial charge in [-0.15, -0.1) is 0 Å². The number of amides is 1. The Hall–Kier alpha value is -0.840. The average Bonchev–Trinajstić information content (AvgIpc) is 2.19. The number of benzene rings is 1. The first-order valence-corrected chi connectivity index (χ1v) is 5.68. The molecule has 1 amide bonds. The fourth-order valence-electron chi connectivity index (χ4n) is 1.10. The van der Waals surface area contributed by atoms with Crippen molar-refractivity contribution in [1.82, 2.24) is 5.32 Å². The van der Waals surface area contributed by atoms with Crippen molar-refractivity contribution in [2.45, 2.75) is 19.4 Å². The van der Waals surface area contributed by atoms with Crippen LogP contribution in [0.25, 0.3) is 0 Å². The summed E-state index contributed by atoms with van der Waals surface area (Å²) in [6, 6.07) is 2.20. The molecule has 0 aliphatic carbocycles. The van der Waals surface area contributed by atoms with Gasteiger partial charge < -0.3 is 11.1 Å². The maximum atomic E-state index is 13.2. The Morgan fingerprint density at radius 2 is 2.00 bits per heavy atom. The fraction of sp³-hybridized carbons (Fsp3) is 0.364. The predicted molar refractivity (Wildman–Crippen MR) is 67.0 cm³/mol. The highest BCUT2D eigenvalue weighted by atomic mass is 35.5. The molecule has 0 saturated heterocycles. The standard InChI is InChI=1S/C11H13Cl2FN2O/c1-11(2,15)5-16-10(17)6-3-9(14)8(13)4-7(6)12/h3-4H,5,15H2,1-2H3,(H,16,17). The van der Waals surface area contributed by atoms with Crippen LogP contribution in [0.5, 0.6) is 0 Å². The fourth-order valence-corrected chi connectivity index (χ4v) is 1.57. The number of halogens is 3. The molecule has 1 rings (SSSR count). The zero-order valence-corrected chi connectivity index (χ0v) is 11.0. The molecule has 0 heterocycles. The van der Waals surface area contributed by atoms with Crippen LogP contribution in [0, 0.1) is 5.82 Å². The Labute approximate surface area is 109 Å². The second kappa shape index (κ2) is 5.21. The molecule has 0 spiro atoms. The van der Waals surface area contributed by atoms with Gasteiger partial charge in [0.1, 0.15) is 5.82 Å². The molecule has 0 aliphatic rings. The summed E-state index contributed by atoms with van der Waals surface area (Å²) in [4.78, 5) is 11.7. The minimum absolute atomic E-state index is 0.0396. The molecule has 0 aliphatic heterocycles. The summed E-state index contributed by atoms with van der Waals surface area (Å²) >= 11 is 11.3. The summed E-state index contributed by atoms with van der Waals surface area (Å²) in [6.07, 6.45) is 0. The summed E-state index contributed by atoms with van der Waals surface area (Å²) in [5.41, 5.74) is 5.20. The molecule has 0 radical (unpaired) electrons. The molecule has 17 heavy (non-hydrogen) atoms. The van der Waals surface area contributed by atoms with Crippen LogP contribution in [-0.4, -0.2) is 18.0 Å². The summed E-state index contributed by atoms with van der Waals surface area (Å²) < 4.78 is 13.2. The van der Waals surface area contributed by atoms with Crippen LogP contribution in [0.1, 0.15) is 24.2 Å². The first-order chi connectivity index (χ1) is 7.70. The molecule has 0 bridgehead atoms. The van der Waals surface area contributed by atoms with E-state index in [0.717, 1.165) is 6.07 Å². The van der Waals surface area contributed by atoms with Crippen LogP contribution in [0.15, 0.2) is 12.1 Å². The van der Waals surface area contributed by atoms with Crippen molar-refractivity contribution in [3.8, 4) is 0 Å². The molecule has 6 heteroatoms. The average molecular weight is 279 g/mol. The topological polar surface area (TPSA) is 55.1 Å². The number of carbonyl (C=O) groups excluding carboxylic acids is 1. The van der Waals surface area contributed by atoms with Crippen molar-refractivity contribution in [3.63, 3.8) is 0 Å². The van der Waals surface area contributed by atoms with E-state index in [1.165, 1.54) is 6.07 Å². The van der Waals surface area contributed by atoms with E-state index >= 15 is 0 Å². The third-order valence-electron chi connectivity index (χ3n) is 1.96. The number of hydrogen-bond acceptors (Lipinski definition) is 2. The van der Waals surface area contributed by atoms with Gasteiger partial charge in [0.2, 0.25) is 0 Å². The SMILES string of the molecule is CC(C)(N)CNC(=O)c1cc(F)c(Cl)cc1Cl. The highest BCUT2D eigenvalue weighted by molar-refractivity contribution is 6.36. The Morgan fingerprint density at radius 1 is 1.41 bits per heavy atom. The zero-order chi connectivity index (χ0) is 13.2. The highest BCUT2D eigenvalue weighted by Gasteiger charge is 2.17. The lowest BCUT2D eigenvalue weighted by Gasteiger charge is -2.19. The van der Waals surface area contributed by atoms with Crippen molar-refractivity contribution < 1.29 is 9.18 Å². The van der Waals surface area contributed by atoms with Gasteiger partial charge in [-0.2, -0.15) is 0 Å². The van der Waals surface area contributed by atoms with Crippen LogP contribution < -0.4 is 11.1 Å². The van der Waals surface area contributed by atoms with E-state index < -0.39 is 17.3 Å². The van der Waals surface area contributed by atoms with Gasteiger partial charge >= 0.3 is 0 Å². The monoisotopic (exact) mass is 278 g/mol. The van der Waals surface area contributed by atoms with Crippen LogP contribution in [0.4, 0.5) is 4.39 Å². The lowest BCUT2D eigenvalue weighted by molar-refractivity contribution is 0.0946. The molecular formula is C11H13Cl2FN2O. The molecule has 0 saturated carbocycles. The van der Waals surface area contributed by atoms with Crippen LogP contribution in [-0.2, 0) is 0 Å². The molecule has 3 N–H and O–H groups in total. The van der Waals surface area contributed by atoms with E-state index in [-0.39, 0.29) is 22.2 Å². The normalized spacial score (nSPS) is 11.4. The first-order valence-electron chi connectivity index (χ1n) is 4.92. The van der Waals surface area contributed by atoms with Crippen molar-refractivity contribution in [1.29, 1.82) is 0 Å². The van der Waals surface area contributed by atoms with E-state index in [0.29, 0.717) is 0 Å². The number of nitrogens with two attached hydrogens (primary N) is 1. The molecule has 0 aromatic heterocycles. The molecule has 1 aromatic carbocycles. The minimum Gasteiger partial charge on any atom is -0.350 e. The molecule has 0 fully saturated rings. The van der Waals surface area contributed by atoms with Crippen LogP contribution >= 0.6 is 23.2 Å².